The van der Waals surface area contributed by atoms with Gasteiger partial charge in [0.15, 0.2) is 0 Å². The number of thiophene rings is 1. The Balaban J connectivity index is 2.62. The van der Waals surface area contributed by atoms with Gasteiger partial charge in [-0.15, -0.1) is 11.3 Å². The number of hydrogen-bond acceptors (Lipinski definition) is 3. The van der Waals surface area contributed by atoms with Crippen molar-refractivity contribution in [3.63, 3.8) is 0 Å². The lowest BCUT2D eigenvalue weighted by Crippen LogP contribution is -2.23. The van der Waals surface area contributed by atoms with Crippen LogP contribution in [-0.2, 0) is 6.54 Å². The molecule has 0 aliphatic carbocycles. The van der Waals surface area contributed by atoms with E-state index in [4.69, 9.17) is 5.11 Å². The number of rotatable bonds is 6. The second-order valence-corrected chi connectivity index (χ2v) is 4.94. The van der Waals surface area contributed by atoms with E-state index in [1.54, 1.807) is 11.3 Å². The fourth-order valence-electron chi connectivity index (χ4n) is 1.64. The molecule has 1 aromatic heterocycles. The zero-order valence-electron chi connectivity index (χ0n) is 10.7. The molecule has 0 unspecified atom stereocenters. The molecule has 0 atom stereocenters. The van der Waals surface area contributed by atoms with Gasteiger partial charge in [-0.05, 0) is 31.0 Å². The second-order valence-electron chi connectivity index (χ2n) is 3.94. The minimum atomic E-state index is -0.0669. The molecule has 1 rings (SSSR count). The molecular weight excluding hydrogens is 230 g/mol. The smallest absolute Gasteiger partial charge is 0.104 e. The number of nitrogens with zero attached hydrogens (tertiary/aromatic N) is 1. The first-order chi connectivity index (χ1) is 8.31. The normalized spacial score (nSPS) is 10.4. The lowest BCUT2D eigenvalue weighted by Gasteiger charge is -2.19. The summed E-state index contributed by atoms with van der Waals surface area (Å²) in [7, 11) is 0. The highest BCUT2D eigenvalue weighted by atomic mass is 32.1. The van der Waals surface area contributed by atoms with Gasteiger partial charge >= 0.3 is 0 Å². The average molecular weight is 251 g/mol. The van der Waals surface area contributed by atoms with Crippen LogP contribution in [-0.4, -0.2) is 29.7 Å². The molecule has 0 fully saturated rings. The molecule has 2 nitrogen and oxygen atoms in total. The molecule has 0 amide bonds. The maximum Gasteiger partial charge on any atom is 0.104 e. The molecule has 0 aliphatic heterocycles. The van der Waals surface area contributed by atoms with Gasteiger partial charge in [-0.2, -0.15) is 0 Å². The minimum Gasteiger partial charge on any atom is -0.384 e. The summed E-state index contributed by atoms with van der Waals surface area (Å²) in [4.78, 5) is 3.75. The molecule has 0 aliphatic rings. The summed E-state index contributed by atoms with van der Waals surface area (Å²) in [6.45, 7) is 7.55. The minimum absolute atomic E-state index is 0.0669. The van der Waals surface area contributed by atoms with Gasteiger partial charge < -0.3 is 5.11 Å². The highest BCUT2D eigenvalue weighted by Crippen LogP contribution is 2.18. The van der Waals surface area contributed by atoms with Crippen LogP contribution in [0, 0.1) is 11.8 Å². The zero-order valence-corrected chi connectivity index (χ0v) is 11.5. The highest BCUT2D eigenvalue weighted by molar-refractivity contribution is 7.10. The third kappa shape index (κ3) is 4.91. The van der Waals surface area contributed by atoms with Crippen molar-refractivity contribution in [2.75, 3.05) is 19.7 Å². The summed E-state index contributed by atoms with van der Waals surface area (Å²) < 4.78 is 0. The fourth-order valence-corrected chi connectivity index (χ4v) is 2.51. The topological polar surface area (TPSA) is 23.5 Å². The molecule has 1 heterocycles. The first-order valence-corrected chi connectivity index (χ1v) is 7.08. The van der Waals surface area contributed by atoms with Gasteiger partial charge in [-0.3, -0.25) is 4.90 Å². The standard InChI is InChI=1S/C14H21NOS/c1-3-5-9-15(4-2)12-14-13(7-6-10-16)8-11-17-14/h8,11,16H,3-5,9-10,12H2,1-2H3. The van der Waals surface area contributed by atoms with Crippen molar-refractivity contribution in [1.29, 1.82) is 0 Å². The van der Waals surface area contributed by atoms with Gasteiger partial charge in [0.05, 0.1) is 0 Å². The Hall–Kier alpha value is -0.820. The van der Waals surface area contributed by atoms with Gasteiger partial charge in [0.1, 0.15) is 6.61 Å². The first-order valence-electron chi connectivity index (χ1n) is 6.20. The van der Waals surface area contributed by atoms with E-state index >= 15 is 0 Å². The van der Waals surface area contributed by atoms with Crippen molar-refractivity contribution < 1.29 is 5.11 Å². The third-order valence-electron chi connectivity index (χ3n) is 2.69. The number of aliphatic hydroxyl groups is 1. The van der Waals surface area contributed by atoms with Crippen LogP contribution in [0.2, 0.25) is 0 Å². The van der Waals surface area contributed by atoms with E-state index in [0.717, 1.165) is 25.2 Å². The van der Waals surface area contributed by atoms with Gasteiger partial charge in [0, 0.05) is 17.0 Å². The lowest BCUT2D eigenvalue weighted by molar-refractivity contribution is 0.277. The molecular formula is C14H21NOS. The van der Waals surface area contributed by atoms with Gasteiger partial charge in [0.2, 0.25) is 0 Å². The van der Waals surface area contributed by atoms with Crippen LogP contribution in [0.1, 0.15) is 37.1 Å². The van der Waals surface area contributed by atoms with E-state index in [1.807, 2.05) is 6.07 Å². The van der Waals surface area contributed by atoms with E-state index < -0.39 is 0 Å². The Morgan fingerprint density at radius 3 is 2.88 bits per heavy atom. The van der Waals surface area contributed by atoms with Crippen molar-refractivity contribution in [2.24, 2.45) is 0 Å². The molecule has 94 valence electrons. The SMILES string of the molecule is CCCCN(CC)Cc1sccc1C#CCO. The van der Waals surface area contributed by atoms with Crippen LogP contribution in [0.15, 0.2) is 11.4 Å². The Morgan fingerprint density at radius 1 is 1.41 bits per heavy atom. The van der Waals surface area contributed by atoms with Crippen molar-refractivity contribution in [2.45, 2.75) is 33.2 Å². The lowest BCUT2D eigenvalue weighted by atomic mass is 10.2. The Morgan fingerprint density at radius 2 is 2.24 bits per heavy atom. The molecule has 0 saturated carbocycles. The van der Waals surface area contributed by atoms with E-state index in [2.05, 4.69) is 36.0 Å². The van der Waals surface area contributed by atoms with E-state index in [-0.39, 0.29) is 6.61 Å². The predicted molar refractivity (Wildman–Crippen MR) is 74.1 cm³/mol. The molecule has 17 heavy (non-hydrogen) atoms. The van der Waals surface area contributed by atoms with Crippen LogP contribution in [0.4, 0.5) is 0 Å². The molecule has 0 spiro atoms. The molecule has 0 aromatic carbocycles. The summed E-state index contributed by atoms with van der Waals surface area (Å²) in [5, 5.41) is 10.8. The van der Waals surface area contributed by atoms with Crippen LogP contribution < -0.4 is 0 Å². The molecule has 1 aromatic rings. The Bertz CT molecular complexity index is 375. The van der Waals surface area contributed by atoms with Crippen LogP contribution in [0.25, 0.3) is 0 Å². The van der Waals surface area contributed by atoms with Crippen molar-refractivity contribution in [3.8, 4) is 11.8 Å². The summed E-state index contributed by atoms with van der Waals surface area (Å²) in [6, 6.07) is 2.04. The third-order valence-corrected chi connectivity index (χ3v) is 3.60. The maximum absolute atomic E-state index is 8.72. The van der Waals surface area contributed by atoms with Crippen molar-refractivity contribution >= 4 is 11.3 Å². The van der Waals surface area contributed by atoms with Gasteiger partial charge in [0.25, 0.3) is 0 Å². The Kier molecular flexibility index (Phi) is 6.95. The molecule has 0 saturated heterocycles. The summed E-state index contributed by atoms with van der Waals surface area (Å²) >= 11 is 1.75. The predicted octanol–water partition coefficient (Wildman–Crippen LogP) is 2.71. The molecule has 0 bridgehead atoms. The van der Waals surface area contributed by atoms with Crippen molar-refractivity contribution in [3.05, 3.63) is 21.9 Å². The Labute approximate surface area is 108 Å². The molecule has 0 radical (unpaired) electrons. The van der Waals surface area contributed by atoms with Gasteiger partial charge in [-0.1, -0.05) is 32.1 Å². The average Bonchev–Trinajstić information content (AvgIpc) is 2.79. The van der Waals surface area contributed by atoms with Crippen LogP contribution in [0.5, 0.6) is 0 Å². The summed E-state index contributed by atoms with van der Waals surface area (Å²) in [5.41, 5.74) is 1.07. The van der Waals surface area contributed by atoms with Gasteiger partial charge in [-0.25, -0.2) is 0 Å². The molecule has 1 N–H and O–H groups in total. The van der Waals surface area contributed by atoms with E-state index in [0.29, 0.717) is 0 Å². The highest BCUT2D eigenvalue weighted by Gasteiger charge is 2.07. The van der Waals surface area contributed by atoms with E-state index in [1.165, 1.54) is 17.7 Å². The first kappa shape index (κ1) is 14.2. The summed E-state index contributed by atoms with van der Waals surface area (Å²) in [6.07, 6.45) is 2.48. The largest absolute Gasteiger partial charge is 0.384 e. The molecule has 3 heteroatoms. The van der Waals surface area contributed by atoms with Crippen LogP contribution >= 0.6 is 11.3 Å². The van der Waals surface area contributed by atoms with E-state index in [9.17, 15) is 0 Å². The summed E-state index contributed by atoms with van der Waals surface area (Å²) in [5.74, 6) is 5.73. The number of aliphatic hydroxyl groups excluding tert-OH is 1. The number of hydrogen-bond donors (Lipinski definition) is 1. The van der Waals surface area contributed by atoms with Crippen molar-refractivity contribution in [1.82, 2.24) is 4.90 Å². The fraction of sp³-hybridized carbons (Fsp3) is 0.571. The van der Waals surface area contributed by atoms with Crippen LogP contribution in [0.3, 0.4) is 0 Å². The quantitative estimate of drug-likeness (QED) is 0.786. The second kappa shape index (κ2) is 8.30. The zero-order chi connectivity index (χ0) is 12.5. The number of unbranched alkanes of at least 4 members (excludes halogenated alkanes) is 1. The monoisotopic (exact) mass is 251 g/mol. The maximum atomic E-state index is 8.72.